The molecule has 0 unspecified atom stereocenters. The van der Waals surface area contributed by atoms with Crippen molar-refractivity contribution in [2.75, 3.05) is 26.8 Å². The van der Waals surface area contributed by atoms with Gasteiger partial charge in [-0.15, -0.1) is 0 Å². The minimum absolute atomic E-state index is 0.112. The van der Waals surface area contributed by atoms with Crippen LogP contribution in [0.4, 0.5) is 0 Å². The number of fused-ring (bicyclic) bond motifs is 4. The van der Waals surface area contributed by atoms with E-state index in [1.54, 1.807) is 0 Å². The molecule has 354 valence electrons. The number of ketones is 2. The lowest BCUT2D eigenvalue weighted by Gasteiger charge is -2.70. The molecule has 5 fully saturated rings. The van der Waals surface area contributed by atoms with E-state index < -0.39 is 34.1 Å². The number of aliphatic hydroxyl groups is 2. The van der Waals surface area contributed by atoms with Crippen LogP contribution < -0.4 is 5.32 Å². The number of hydrogen-bond acceptors (Lipinski definition) is 7. The summed E-state index contributed by atoms with van der Waals surface area (Å²) in [7, 11) is 1.97. The first kappa shape index (κ1) is 45.7. The number of ether oxygens (including phenoxy) is 2. The van der Waals surface area contributed by atoms with Gasteiger partial charge in [-0.2, -0.15) is 0 Å². The molecule has 2 aromatic heterocycles. The lowest BCUT2D eigenvalue weighted by Crippen LogP contribution is -2.68. The predicted molar refractivity (Wildman–Crippen MR) is 256 cm³/mol. The Bertz CT molecular complexity index is 2440. The fourth-order valence-corrected chi connectivity index (χ4v) is 16.7. The third kappa shape index (κ3) is 6.76. The van der Waals surface area contributed by atoms with E-state index >= 15 is 4.79 Å². The number of aryl methyl sites for hydroxylation is 2. The van der Waals surface area contributed by atoms with Crippen LogP contribution in [0, 0.1) is 51.8 Å². The number of carbonyl (C=O) groups is 2. The average molecular weight is 890 g/mol. The van der Waals surface area contributed by atoms with Crippen LogP contribution >= 0.6 is 0 Å². The van der Waals surface area contributed by atoms with Crippen molar-refractivity contribution in [2.24, 2.45) is 44.8 Å². The van der Waals surface area contributed by atoms with Gasteiger partial charge >= 0.3 is 0 Å². The summed E-state index contributed by atoms with van der Waals surface area (Å²) in [5.41, 5.74) is 9.66. The quantitative estimate of drug-likeness (QED) is 0.149. The number of H-pyrrole nitrogens is 1. The number of hydrogen-bond donors (Lipinski definition) is 4. The SMILES string of the molecule is CCc1c(Cc2cc(C)cc(C3CCOCC3)c2)c2[nH]cc3c2n1C[C@H]1C2=C(C(=O)C[C@]2(C)[C@@]2(C)CC[C@@H]4[C@@](C)(CCC(=O)[C@@]4(C)CCNC)[C@H]2[C@@H]1O)[C@](C)(C[C@@H](O)[C@H]1OC1(C)C)CC3. The van der Waals surface area contributed by atoms with Crippen molar-refractivity contribution in [3.63, 3.8) is 0 Å². The zero-order valence-corrected chi connectivity index (χ0v) is 41.3. The van der Waals surface area contributed by atoms with E-state index in [1.807, 2.05) is 20.9 Å². The van der Waals surface area contributed by atoms with Crippen molar-refractivity contribution in [3.8, 4) is 0 Å². The summed E-state index contributed by atoms with van der Waals surface area (Å²) in [5.74, 6) is 0.775. The summed E-state index contributed by atoms with van der Waals surface area (Å²) in [6.07, 6.45) is 10.4. The van der Waals surface area contributed by atoms with Gasteiger partial charge in [0, 0.05) is 78.8 Å². The third-order valence-electron chi connectivity index (χ3n) is 20.1. The van der Waals surface area contributed by atoms with Crippen LogP contribution in [0.15, 0.2) is 35.5 Å². The summed E-state index contributed by atoms with van der Waals surface area (Å²) >= 11 is 0. The molecule has 0 bridgehead atoms. The Morgan fingerprint density at radius 3 is 2.42 bits per heavy atom. The van der Waals surface area contributed by atoms with Gasteiger partial charge in [-0.1, -0.05) is 65.3 Å². The Morgan fingerprint density at radius 1 is 0.985 bits per heavy atom. The highest BCUT2D eigenvalue weighted by Crippen LogP contribution is 2.76. The second-order valence-corrected chi connectivity index (χ2v) is 24.2. The van der Waals surface area contributed by atoms with Gasteiger partial charge in [0.15, 0.2) is 5.78 Å². The van der Waals surface area contributed by atoms with E-state index in [2.05, 4.69) is 87.7 Å². The highest BCUT2D eigenvalue weighted by atomic mass is 16.6. The summed E-state index contributed by atoms with van der Waals surface area (Å²) in [4.78, 5) is 33.4. The fraction of sp³-hybridized carbons (Fsp3) is 0.714. The van der Waals surface area contributed by atoms with Crippen LogP contribution in [0.1, 0.15) is 159 Å². The number of epoxide rings is 1. The number of aromatic nitrogens is 2. The Balaban J connectivity index is 1.15. The maximum Gasteiger partial charge on any atom is 0.160 e. The molecule has 3 aliphatic heterocycles. The Kier molecular flexibility index (Phi) is 11.1. The summed E-state index contributed by atoms with van der Waals surface area (Å²) in [6, 6.07) is 7.19. The molecule has 11 atom stereocenters. The van der Waals surface area contributed by atoms with Crippen molar-refractivity contribution in [2.45, 2.75) is 182 Å². The van der Waals surface area contributed by atoms with Crippen molar-refractivity contribution < 1.29 is 29.3 Å². The fourth-order valence-electron chi connectivity index (χ4n) is 16.7. The first-order valence-electron chi connectivity index (χ1n) is 25.6. The third-order valence-corrected chi connectivity index (χ3v) is 20.1. The maximum atomic E-state index is 15.4. The molecule has 0 spiro atoms. The van der Waals surface area contributed by atoms with E-state index in [1.165, 1.54) is 44.5 Å². The molecule has 10 rings (SSSR count). The largest absolute Gasteiger partial charge is 0.392 e. The standard InChI is InChI=1S/C56H79N3O6/c1-11-39-37(27-33-24-32(2)25-36(26-33)34-15-22-64-23-16-34)46-47-35(30-58-46)12-17-52(5,28-41(61)50-51(3,4)65-50)45-40(60)29-56(9)44(45)38(31-59(39)47)48(63)49-54(7)18-14-43(62)53(6,20-21-57-10)42(54)13-19-55(49,56)8/h24-26,30,34,38,41-42,48-50,57-58,61,63H,11-23,27-29,31H2,1-10H3/t38-,41+,42-,48+,49+,50+,52-,53-,54+,55-,56-/m0/s1. The molecule has 3 saturated carbocycles. The van der Waals surface area contributed by atoms with E-state index in [0.29, 0.717) is 43.9 Å². The van der Waals surface area contributed by atoms with Crippen LogP contribution in [0.2, 0.25) is 0 Å². The van der Waals surface area contributed by atoms with Crippen LogP contribution in [0.25, 0.3) is 11.0 Å². The van der Waals surface area contributed by atoms with Gasteiger partial charge in [-0.3, -0.25) is 9.59 Å². The zero-order valence-electron chi connectivity index (χ0n) is 41.3. The minimum Gasteiger partial charge on any atom is -0.392 e. The molecule has 1 aromatic carbocycles. The number of Topliss-reactive ketones (excluding diaryl/α,β-unsaturated/α-hetero) is 2. The monoisotopic (exact) mass is 890 g/mol. The number of aromatic amines is 1. The van der Waals surface area contributed by atoms with Gasteiger partial charge in [0.05, 0.1) is 28.8 Å². The van der Waals surface area contributed by atoms with Crippen LogP contribution in [0.3, 0.4) is 0 Å². The van der Waals surface area contributed by atoms with Gasteiger partial charge in [-0.05, 0) is 155 Å². The average Bonchev–Trinajstić information content (AvgIpc) is 3.48. The number of nitrogens with one attached hydrogen (secondary N) is 2. The molecule has 9 heteroatoms. The number of carbonyl (C=O) groups excluding carboxylic acids is 2. The number of aliphatic hydroxyl groups excluding tert-OH is 2. The van der Waals surface area contributed by atoms with Crippen LogP contribution in [-0.2, 0) is 44.9 Å². The first-order chi connectivity index (χ1) is 30.7. The van der Waals surface area contributed by atoms with E-state index in [-0.39, 0.29) is 40.5 Å². The summed E-state index contributed by atoms with van der Waals surface area (Å²) in [6.45, 7) is 23.3. The smallest absolute Gasteiger partial charge is 0.160 e. The topological polar surface area (TPSA) is 129 Å². The normalized spacial score (nSPS) is 38.4. The Hall–Kier alpha value is -3.08. The molecule has 0 radical (unpaired) electrons. The Morgan fingerprint density at radius 2 is 1.72 bits per heavy atom. The van der Waals surface area contributed by atoms with Gasteiger partial charge < -0.3 is 34.6 Å². The van der Waals surface area contributed by atoms with Crippen molar-refractivity contribution in [1.29, 1.82) is 0 Å². The van der Waals surface area contributed by atoms with Crippen molar-refractivity contribution in [1.82, 2.24) is 14.9 Å². The van der Waals surface area contributed by atoms with Crippen molar-refractivity contribution >= 4 is 22.6 Å². The number of benzene rings is 1. The molecule has 65 heavy (non-hydrogen) atoms. The minimum atomic E-state index is -0.732. The summed E-state index contributed by atoms with van der Waals surface area (Å²) in [5, 5.41) is 29.2. The maximum absolute atomic E-state index is 15.4. The molecule has 9 nitrogen and oxygen atoms in total. The second kappa shape index (κ2) is 15.7. The van der Waals surface area contributed by atoms with E-state index in [9.17, 15) is 15.0 Å². The van der Waals surface area contributed by atoms with Crippen molar-refractivity contribution in [3.05, 3.63) is 69.1 Å². The molecule has 3 aromatic rings. The number of rotatable bonds is 10. The highest BCUT2D eigenvalue weighted by Gasteiger charge is 2.73. The molecule has 4 N–H and O–H groups in total. The predicted octanol–water partition coefficient (Wildman–Crippen LogP) is 9.49. The second-order valence-electron chi connectivity index (χ2n) is 24.2. The molecule has 2 saturated heterocycles. The number of allylic oxidation sites excluding steroid dienone is 1. The first-order valence-corrected chi connectivity index (χ1v) is 25.6. The Labute approximate surface area is 388 Å². The van der Waals surface area contributed by atoms with E-state index in [4.69, 9.17) is 9.47 Å². The highest BCUT2D eigenvalue weighted by molar-refractivity contribution is 6.02. The van der Waals surface area contributed by atoms with Crippen LogP contribution in [0.5, 0.6) is 0 Å². The van der Waals surface area contributed by atoms with E-state index in [0.717, 1.165) is 88.7 Å². The molecular formula is C56H79N3O6. The summed E-state index contributed by atoms with van der Waals surface area (Å²) < 4.78 is 14.4. The lowest BCUT2D eigenvalue weighted by atomic mass is 9.34. The zero-order chi connectivity index (χ0) is 46.2. The van der Waals surface area contributed by atoms with Gasteiger partial charge in [0.25, 0.3) is 0 Å². The van der Waals surface area contributed by atoms with Gasteiger partial charge in [-0.25, -0.2) is 0 Å². The van der Waals surface area contributed by atoms with Gasteiger partial charge in [0.2, 0.25) is 0 Å². The number of nitrogens with zero attached hydrogens (tertiary/aromatic N) is 1. The molecule has 0 amide bonds. The molecule has 7 aliphatic rings. The van der Waals surface area contributed by atoms with Crippen LogP contribution in [-0.4, -0.2) is 82.0 Å². The lowest BCUT2D eigenvalue weighted by molar-refractivity contribution is -0.222. The molecule has 4 aliphatic carbocycles. The van der Waals surface area contributed by atoms with Gasteiger partial charge in [0.1, 0.15) is 11.9 Å². The molecule has 5 heterocycles. The molecular weight excluding hydrogens is 811 g/mol.